The van der Waals surface area contributed by atoms with E-state index in [2.05, 4.69) is 37.6 Å². The number of tetrazole rings is 1. The Bertz CT molecular complexity index is 1330. The Labute approximate surface area is 185 Å². The highest BCUT2D eigenvalue weighted by Crippen LogP contribution is 2.29. The maximum atomic E-state index is 12.9. The van der Waals surface area contributed by atoms with Gasteiger partial charge >= 0.3 is 5.69 Å². The standard InChI is InChI=1S/C24H23N7O/c1-3-5-11-22-27-31(16-6-4-2)24(32)30(22)17-18-12-14-19(15-13-18)20-9-7-8-10-21(20)23-25-28-29-26-23/h4,6-10,12-15H,3,16-17H2,1-2H3,(H,25,26,28,29). The molecule has 8 nitrogen and oxygen atoms in total. The van der Waals surface area contributed by atoms with E-state index in [0.717, 1.165) is 22.3 Å². The van der Waals surface area contributed by atoms with Crippen LogP contribution in [-0.4, -0.2) is 35.0 Å². The van der Waals surface area contributed by atoms with Gasteiger partial charge in [-0.25, -0.2) is 14.6 Å². The van der Waals surface area contributed by atoms with Gasteiger partial charge in [-0.2, -0.15) is 0 Å². The molecule has 4 aromatic rings. The molecule has 0 aliphatic heterocycles. The van der Waals surface area contributed by atoms with Crippen molar-refractivity contribution in [3.63, 3.8) is 0 Å². The molecule has 32 heavy (non-hydrogen) atoms. The Morgan fingerprint density at radius 1 is 1.09 bits per heavy atom. The fourth-order valence-electron chi connectivity index (χ4n) is 3.35. The lowest BCUT2D eigenvalue weighted by atomic mass is 9.98. The van der Waals surface area contributed by atoms with Crippen molar-refractivity contribution in [1.29, 1.82) is 0 Å². The highest BCUT2D eigenvalue weighted by Gasteiger charge is 2.13. The van der Waals surface area contributed by atoms with E-state index in [4.69, 9.17) is 0 Å². The number of hydrogen-bond donors (Lipinski definition) is 1. The lowest BCUT2D eigenvalue weighted by molar-refractivity contribution is 0.647. The predicted molar refractivity (Wildman–Crippen MR) is 123 cm³/mol. The van der Waals surface area contributed by atoms with Crippen LogP contribution >= 0.6 is 0 Å². The van der Waals surface area contributed by atoms with Crippen LogP contribution in [-0.2, 0) is 13.1 Å². The van der Waals surface area contributed by atoms with Crippen LogP contribution in [0.3, 0.4) is 0 Å². The SMILES string of the molecule is CC=CCn1nc(C#CCC)n(Cc2ccc(-c3ccccc3-c3nnn[nH]3)cc2)c1=O. The Morgan fingerprint density at radius 3 is 2.56 bits per heavy atom. The van der Waals surface area contributed by atoms with E-state index >= 15 is 0 Å². The minimum Gasteiger partial charge on any atom is -0.264 e. The molecule has 0 bridgehead atoms. The fourth-order valence-corrected chi connectivity index (χ4v) is 3.35. The maximum Gasteiger partial charge on any atom is 0.347 e. The van der Waals surface area contributed by atoms with Crippen LogP contribution in [0.1, 0.15) is 31.7 Å². The third-order valence-electron chi connectivity index (χ3n) is 4.95. The van der Waals surface area contributed by atoms with Crippen molar-refractivity contribution in [3.05, 3.63) is 82.6 Å². The molecule has 0 radical (unpaired) electrons. The molecule has 0 atom stereocenters. The van der Waals surface area contributed by atoms with Crippen molar-refractivity contribution < 1.29 is 0 Å². The first kappa shape index (κ1) is 21.0. The van der Waals surface area contributed by atoms with Crippen molar-refractivity contribution in [2.75, 3.05) is 0 Å². The summed E-state index contributed by atoms with van der Waals surface area (Å²) in [6.45, 7) is 4.71. The number of aromatic nitrogens is 7. The smallest absolute Gasteiger partial charge is 0.264 e. The van der Waals surface area contributed by atoms with E-state index in [0.29, 0.717) is 31.2 Å². The predicted octanol–water partition coefficient (Wildman–Crippen LogP) is 3.28. The second kappa shape index (κ2) is 9.71. The fraction of sp³-hybridized carbons (Fsp3) is 0.208. The van der Waals surface area contributed by atoms with Gasteiger partial charge in [0.2, 0.25) is 5.82 Å². The van der Waals surface area contributed by atoms with Gasteiger partial charge in [-0.3, -0.25) is 4.57 Å². The van der Waals surface area contributed by atoms with Crippen LogP contribution in [0.15, 0.2) is 65.5 Å². The summed E-state index contributed by atoms with van der Waals surface area (Å²) >= 11 is 0. The number of nitrogens with one attached hydrogen (secondary N) is 1. The van der Waals surface area contributed by atoms with Crippen LogP contribution in [0.5, 0.6) is 0 Å². The van der Waals surface area contributed by atoms with Crippen LogP contribution in [0.4, 0.5) is 0 Å². The van der Waals surface area contributed by atoms with Crippen LogP contribution in [0.25, 0.3) is 22.5 Å². The molecule has 2 aromatic carbocycles. The van der Waals surface area contributed by atoms with Gasteiger partial charge in [-0.05, 0) is 40.0 Å². The number of benzene rings is 2. The Balaban J connectivity index is 1.65. The second-order valence-electron chi connectivity index (χ2n) is 7.09. The summed E-state index contributed by atoms with van der Waals surface area (Å²) in [5, 5.41) is 18.6. The molecule has 0 fully saturated rings. The zero-order valence-corrected chi connectivity index (χ0v) is 18.0. The Hall–Kier alpha value is -4.25. The molecule has 8 heteroatoms. The summed E-state index contributed by atoms with van der Waals surface area (Å²) in [7, 11) is 0. The topological polar surface area (TPSA) is 94.3 Å². The number of nitrogens with zero attached hydrogens (tertiary/aromatic N) is 6. The lowest BCUT2D eigenvalue weighted by Crippen LogP contribution is -2.25. The van der Waals surface area contributed by atoms with Crippen molar-refractivity contribution in [2.45, 2.75) is 33.4 Å². The first-order valence-electron chi connectivity index (χ1n) is 10.4. The normalized spacial score (nSPS) is 10.9. The largest absolute Gasteiger partial charge is 0.347 e. The monoisotopic (exact) mass is 425 g/mol. The summed E-state index contributed by atoms with van der Waals surface area (Å²) in [5.41, 5.74) is 3.78. The van der Waals surface area contributed by atoms with Crippen LogP contribution in [0, 0.1) is 11.8 Å². The van der Waals surface area contributed by atoms with E-state index in [1.807, 2.05) is 74.5 Å². The van der Waals surface area contributed by atoms with E-state index in [9.17, 15) is 4.79 Å². The molecule has 2 heterocycles. The zero-order chi connectivity index (χ0) is 22.3. The average molecular weight is 425 g/mol. The molecule has 2 aromatic heterocycles. The molecule has 0 saturated heterocycles. The van der Waals surface area contributed by atoms with E-state index in [1.54, 1.807) is 4.57 Å². The molecule has 0 amide bonds. The first-order valence-corrected chi connectivity index (χ1v) is 10.4. The number of allylic oxidation sites excluding steroid dienone is 2. The molecule has 0 spiro atoms. The minimum atomic E-state index is -0.171. The van der Waals surface area contributed by atoms with Gasteiger partial charge in [-0.1, -0.05) is 73.5 Å². The second-order valence-corrected chi connectivity index (χ2v) is 7.09. The molecule has 0 aliphatic carbocycles. The quantitative estimate of drug-likeness (QED) is 0.378. The lowest BCUT2D eigenvalue weighted by Gasteiger charge is -2.09. The van der Waals surface area contributed by atoms with Gasteiger partial charge in [0.15, 0.2) is 5.82 Å². The van der Waals surface area contributed by atoms with Gasteiger partial charge in [0, 0.05) is 12.0 Å². The number of aromatic amines is 1. The Morgan fingerprint density at radius 2 is 1.88 bits per heavy atom. The third-order valence-corrected chi connectivity index (χ3v) is 4.95. The molecular weight excluding hydrogens is 402 g/mol. The highest BCUT2D eigenvalue weighted by atomic mass is 16.2. The Kier molecular flexibility index (Phi) is 6.37. The number of H-pyrrole nitrogens is 1. The number of rotatable bonds is 6. The van der Waals surface area contributed by atoms with Gasteiger partial charge in [0.25, 0.3) is 0 Å². The molecule has 0 saturated carbocycles. The van der Waals surface area contributed by atoms with E-state index in [1.165, 1.54) is 4.68 Å². The molecule has 0 unspecified atom stereocenters. The third kappa shape index (κ3) is 4.42. The molecule has 160 valence electrons. The van der Waals surface area contributed by atoms with E-state index in [-0.39, 0.29) is 5.69 Å². The molecule has 1 N–H and O–H groups in total. The summed E-state index contributed by atoms with van der Waals surface area (Å²) in [5.74, 6) is 7.13. The van der Waals surface area contributed by atoms with Crippen LogP contribution < -0.4 is 5.69 Å². The zero-order valence-electron chi connectivity index (χ0n) is 18.0. The van der Waals surface area contributed by atoms with Gasteiger partial charge in [0.05, 0.1) is 13.1 Å². The van der Waals surface area contributed by atoms with Gasteiger partial charge in [-0.15, -0.1) is 10.2 Å². The first-order chi connectivity index (χ1) is 15.7. The summed E-state index contributed by atoms with van der Waals surface area (Å²) < 4.78 is 3.06. The summed E-state index contributed by atoms with van der Waals surface area (Å²) in [6, 6.07) is 16.0. The van der Waals surface area contributed by atoms with Crippen molar-refractivity contribution in [1.82, 2.24) is 35.0 Å². The van der Waals surface area contributed by atoms with Crippen molar-refractivity contribution in [2.24, 2.45) is 0 Å². The molecular formula is C24H23N7O. The summed E-state index contributed by atoms with van der Waals surface area (Å²) in [6.07, 6.45) is 4.49. The molecule has 0 aliphatic rings. The van der Waals surface area contributed by atoms with Gasteiger partial charge in [0.1, 0.15) is 0 Å². The molecule has 4 rings (SSSR count). The van der Waals surface area contributed by atoms with Crippen LogP contribution in [0.2, 0.25) is 0 Å². The average Bonchev–Trinajstić information content (AvgIpc) is 3.46. The minimum absolute atomic E-state index is 0.171. The van der Waals surface area contributed by atoms with E-state index < -0.39 is 0 Å². The maximum absolute atomic E-state index is 12.9. The van der Waals surface area contributed by atoms with Gasteiger partial charge < -0.3 is 0 Å². The highest BCUT2D eigenvalue weighted by molar-refractivity contribution is 5.80. The van der Waals surface area contributed by atoms with Crippen molar-refractivity contribution >= 4 is 0 Å². The summed E-state index contributed by atoms with van der Waals surface area (Å²) in [4.78, 5) is 12.9. The number of hydrogen-bond acceptors (Lipinski definition) is 5. The van der Waals surface area contributed by atoms with Crippen molar-refractivity contribution in [3.8, 4) is 34.4 Å².